The summed E-state index contributed by atoms with van der Waals surface area (Å²) >= 11 is 4.26. The van der Waals surface area contributed by atoms with Gasteiger partial charge in [-0.3, -0.25) is 0 Å². The van der Waals surface area contributed by atoms with E-state index in [9.17, 15) is 0 Å². The molecule has 0 amide bonds. The summed E-state index contributed by atoms with van der Waals surface area (Å²) in [5.41, 5.74) is 2.88. The van der Waals surface area contributed by atoms with Crippen LogP contribution in [0.15, 0.2) is 24.3 Å². The van der Waals surface area contributed by atoms with Crippen LogP contribution < -0.4 is 5.32 Å². The third-order valence-electron chi connectivity index (χ3n) is 3.74. The quantitative estimate of drug-likeness (QED) is 0.877. The first-order chi connectivity index (χ1) is 9.26. The molecule has 1 nitrogen and oxygen atoms in total. The number of thioether (sulfide) groups is 2. The van der Waals surface area contributed by atoms with Gasteiger partial charge in [0.1, 0.15) is 0 Å². The van der Waals surface area contributed by atoms with E-state index in [-0.39, 0.29) is 0 Å². The molecule has 0 saturated carbocycles. The van der Waals surface area contributed by atoms with Crippen molar-refractivity contribution in [3.05, 3.63) is 35.4 Å². The first-order valence-corrected chi connectivity index (χ1v) is 9.41. The molecule has 0 spiro atoms. The highest BCUT2D eigenvalue weighted by Gasteiger charge is 2.30. The molecule has 0 aliphatic carbocycles. The van der Waals surface area contributed by atoms with E-state index in [4.69, 9.17) is 0 Å². The van der Waals surface area contributed by atoms with Crippen molar-refractivity contribution in [3.63, 3.8) is 0 Å². The second-order valence-electron chi connectivity index (χ2n) is 5.04. The summed E-state index contributed by atoms with van der Waals surface area (Å²) in [5, 5.41) is 5.12. The van der Waals surface area contributed by atoms with Crippen LogP contribution in [0.3, 0.4) is 0 Å². The van der Waals surface area contributed by atoms with Crippen LogP contribution in [0.4, 0.5) is 0 Å². The Hall–Kier alpha value is -0.120. The molecular formula is C16H25NS2. The maximum absolute atomic E-state index is 3.70. The Labute approximate surface area is 126 Å². The molecule has 2 rings (SSSR count). The minimum atomic E-state index is 0.490. The lowest BCUT2D eigenvalue weighted by Crippen LogP contribution is -2.37. The van der Waals surface area contributed by atoms with E-state index < -0.39 is 0 Å². The molecule has 19 heavy (non-hydrogen) atoms. The molecule has 3 atom stereocenters. The smallest absolute Gasteiger partial charge is 0.0451 e. The average molecular weight is 296 g/mol. The lowest BCUT2D eigenvalue weighted by molar-refractivity contribution is 0.525. The van der Waals surface area contributed by atoms with Crippen LogP contribution in [0.2, 0.25) is 0 Å². The van der Waals surface area contributed by atoms with Crippen molar-refractivity contribution in [2.75, 3.05) is 18.1 Å². The molecule has 106 valence electrons. The minimum absolute atomic E-state index is 0.490. The summed E-state index contributed by atoms with van der Waals surface area (Å²) in [6.45, 7) is 7.84. The van der Waals surface area contributed by atoms with Gasteiger partial charge in [-0.1, -0.05) is 45.0 Å². The maximum atomic E-state index is 3.70. The fraction of sp³-hybridized carbons (Fsp3) is 0.625. The van der Waals surface area contributed by atoms with Crippen LogP contribution in [-0.4, -0.2) is 28.6 Å². The van der Waals surface area contributed by atoms with Gasteiger partial charge in [0.05, 0.1) is 0 Å². The van der Waals surface area contributed by atoms with Gasteiger partial charge < -0.3 is 5.32 Å². The maximum Gasteiger partial charge on any atom is 0.0451 e. The van der Waals surface area contributed by atoms with Crippen LogP contribution in [0, 0.1) is 0 Å². The van der Waals surface area contributed by atoms with E-state index in [2.05, 4.69) is 73.9 Å². The number of nitrogens with one attached hydrogen (secondary N) is 1. The van der Waals surface area contributed by atoms with Crippen molar-refractivity contribution in [1.82, 2.24) is 5.32 Å². The Bertz CT molecular complexity index is 377. The predicted molar refractivity (Wildman–Crippen MR) is 90.4 cm³/mol. The predicted octanol–water partition coefficient (Wildman–Crippen LogP) is 4.14. The zero-order valence-electron chi connectivity index (χ0n) is 12.2. The van der Waals surface area contributed by atoms with Crippen LogP contribution in [-0.2, 0) is 6.42 Å². The van der Waals surface area contributed by atoms with Gasteiger partial charge in [0, 0.05) is 28.0 Å². The molecule has 1 aromatic carbocycles. The molecule has 1 heterocycles. The van der Waals surface area contributed by atoms with Crippen molar-refractivity contribution in [1.29, 1.82) is 0 Å². The van der Waals surface area contributed by atoms with E-state index in [0.29, 0.717) is 11.3 Å². The van der Waals surface area contributed by atoms with Gasteiger partial charge in [0.2, 0.25) is 0 Å². The third kappa shape index (κ3) is 3.93. The molecule has 1 N–H and O–H groups in total. The summed E-state index contributed by atoms with van der Waals surface area (Å²) in [5.74, 6) is 2.59. The van der Waals surface area contributed by atoms with Crippen molar-refractivity contribution in [3.8, 4) is 0 Å². The van der Waals surface area contributed by atoms with Crippen LogP contribution in [0.25, 0.3) is 0 Å². The molecule has 0 aromatic heterocycles. The van der Waals surface area contributed by atoms with Crippen molar-refractivity contribution in [2.24, 2.45) is 0 Å². The number of benzene rings is 1. The number of hydrogen-bond donors (Lipinski definition) is 1. The normalized spacial score (nSPS) is 25.2. The molecule has 1 saturated heterocycles. The van der Waals surface area contributed by atoms with Crippen molar-refractivity contribution >= 4 is 23.5 Å². The highest BCUT2D eigenvalue weighted by molar-refractivity contribution is 8.07. The third-order valence-corrected chi connectivity index (χ3v) is 6.93. The summed E-state index contributed by atoms with van der Waals surface area (Å²) < 4.78 is 0. The standard InChI is InChI=1S/C16H25NS2/c1-4-13-6-8-14(9-7-13)15(17-5-2)16-12(3)18-10-11-19-16/h6-9,12,15-17H,4-5,10-11H2,1-3H3. The lowest BCUT2D eigenvalue weighted by Gasteiger charge is -2.35. The van der Waals surface area contributed by atoms with Gasteiger partial charge >= 0.3 is 0 Å². The molecule has 1 aromatic rings. The Balaban J connectivity index is 2.17. The summed E-state index contributed by atoms with van der Waals surface area (Å²) in [6, 6.07) is 9.69. The monoisotopic (exact) mass is 295 g/mol. The number of aryl methyl sites for hydroxylation is 1. The highest BCUT2D eigenvalue weighted by atomic mass is 32.2. The SMILES string of the molecule is CCNC(c1ccc(CC)cc1)C1SCCSC1C. The van der Waals surface area contributed by atoms with Crippen LogP contribution >= 0.6 is 23.5 Å². The summed E-state index contributed by atoms with van der Waals surface area (Å²) in [4.78, 5) is 0. The van der Waals surface area contributed by atoms with E-state index in [1.165, 1.54) is 22.6 Å². The van der Waals surface area contributed by atoms with Crippen LogP contribution in [0.1, 0.15) is 37.9 Å². The number of rotatable bonds is 5. The molecule has 1 fully saturated rings. The Morgan fingerprint density at radius 2 is 1.84 bits per heavy atom. The fourth-order valence-corrected chi connectivity index (χ4v) is 5.57. The second kappa shape index (κ2) is 7.61. The van der Waals surface area contributed by atoms with Gasteiger partial charge in [-0.25, -0.2) is 0 Å². The highest BCUT2D eigenvalue weighted by Crippen LogP contribution is 2.38. The zero-order valence-corrected chi connectivity index (χ0v) is 13.8. The summed E-state index contributed by atoms with van der Waals surface area (Å²) in [6.07, 6.45) is 1.12. The van der Waals surface area contributed by atoms with Crippen molar-refractivity contribution in [2.45, 2.75) is 43.7 Å². The van der Waals surface area contributed by atoms with E-state index >= 15 is 0 Å². The Morgan fingerprint density at radius 1 is 1.16 bits per heavy atom. The van der Waals surface area contributed by atoms with E-state index in [1.807, 2.05) is 0 Å². The fourth-order valence-electron chi connectivity index (χ4n) is 2.62. The molecule has 3 unspecified atom stereocenters. The van der Waals surface area contributed by atoms with E-state index in [0.717, 1.165) is 18.2 Å². The molecule has 0 bridgehead atoms. The first-order valence-electron chi connectivity index (χ1n) is 7.31. The van der Waals surface area contributed by atoms with Crippen LogP contribution in [0.5, 0.6) is 0 Å². The minimum Gasteiger partial charge on any atom is -0.309 e. The molecular weight excluding hydrogens is 270 g/mol. The lowest BCUT2D eigenvalue weighted by atomic mass is 9.99. The molecule has 3 heteroatoms. The average Bonchev–Trinajstić information content (AvgIpc) is 2.46. The van der Waals surface area contributed by atoms with Gasteiger partial charge in [-0.15, -0.1) is 0 Å². The van der Waals surface area contributed by atoms with Crippen molar-refractivity contribution < 1.29 is 0 Å². The number of hydrogen-bond acceptors (Lipinski definition) is 3. The molecule has 1 aliphatic rings. The van der Waals surface area contributed by atoms with Gasteiger partial charge in [-0.2, -0.15) is 23.5 Å². The topological polar surface area (TPSA) is 12.0 Å². The Morgan fingerprint density at radius 3 is 2.42 bits per heavy atom. The molecule has 0 radical (unpaired) electrons. The van der Waals surface area contributed by atoms with Gasteiger partial charge in [-0.05, 0) is 24.1 Å². The summed E-state index contributed by atoms with van der Waals surface area (Å²) in [7, 11) is 0. The first kappa shape index (κ1) is 15.3. The zero-order chi connectivity index (χ0) is 13.7. The largest absolute Gasteiger partial charge is 0.309 e. The van der Waals surface area contributed by atoms with E-state index in [1.54, 1.807) is 0 Å². The van der Waals surface area contributed by atoms with Gasteiger partial charge in [0.15, 0.2) is 0 Å². The molecule has 1 aliphatic heterocycles. The second-order valence-corrected chi connectivity index (χ2v) is 7.81. The Kier molecular flexibility index (Phi) is 6.11. The van der Waals surface area contributed by atoms with Gasteiger partial charge in [0.25, 0.3) is 0 Å².